The van der Waals surface area contributed by atoms with Gasteiger partial charge in [-0.15, -0.1) is 0 Å². The zero-order valence-corrected chi connectivity index (χ0v) is 23.5. The van der Waals surface area contributed by atoms with Crippen LogP contribution in [0, 0.1) is 13.8 Å². The second kappa shape index (κ2) is 11.5. The summed E-state index contributed by atoms with van der Waals surface area (Å²) in [7, 11) is -7.97. The number of halogens is 1. The molecule has 4 aromatic rings. The normalized spacial score (nSPS) is 11.6. The zero-order valence-electron chi connectivity index (χ0n) is 21.1. The molecule has 0 saturated carbocycles. The average molecular weight is 584 g/mol. The number of aryl methyl sites for hydroxylation is 2. The Kier molecular flexibility index (Phi) is 8.29. The number of anilines is 3. The van der Waals surface area contributed by atoms with Gasteiger partial charge < -0.3 is 5.32 Å². The van der Waals surface area contributed by atoms with Gasteiger partial charge in [-0.3, -0.25) is 13.8 Å². The third-order valence-corrected chi connectivity index (χ3v) is 9.32. The van der Waals surface area contributed by atoms with Gasteiger partial charge in [-0.25, -0.2) is 16.8 Å². The predicted octanol–water partition coefficient (Wildman–Crippen LogP) is 5.59. The molecule has 0 unspecified atom stereocenters. The number of para-hydroxylation sites is 2. The van der Waals surface area contributed by atoms with Gasteiger partial charge in [0.15, 0.2) is 0 Å². The maximum Gasteiger partial charge on any atom is 0.264 e. The average Bonchev–Trinajstić information content (AvgIpc) is 2.89. The fraction of sp³-hybridized carbons (Fsp3) is 0.107. The standard InChI is InChI=1S/C28H26ClN3O5S2/c1-20-7-3-5-9-26(20)31-38(34,35)24-17-13-23(14-18-24)30-28(33)19-32(27-10-6-4-8-21(27)2)39(36,37)25-15-11-22(29)12-16-25/h3-18,31H,19H2,1-2H3,(H,30,33). The molecule has 2 N–H and O–H groups in total. The lowest BCUT2D eigenvalue weighted by Crippen LogP contribution is -2.38. The lowest BCUT2D eigenvalue weighted by molar-refractivity contribution is -0.114. The van der Waals surface area contributed by atoms with Crippen molar-refractivity contribution in [2.75, 3.05) is 20.9 Å². The van der Waals surface area contributed by atoms with Crippen LogP contribution in [-0.2, 0) is 24.8 Å². The van der Waals surface area contributed by atoms with Gasteiger partial charge in [0.05, 0.1) is 21.2 Å². The highest BCUT2D eigenvalue weighted by Crippen LogP contribution is 2.28. The lowest BCUT2D eigenvalue weighted by Gasteiger charge is -2.25. The number of nitrogens with one attached hydrogen (secondary N) is 2. The number of rotatable bonds is 9. The first kappa shape index (κ1) is 28.2. The maximum atomic E-state index is 13.5. The summed E-state index contributed by atoms with van der Waals surface area (Å²) in [6.07, 6.45) is 0. The molecule has 0 aliphatic carbocycles. The van der Waals surface area contributed by atoms with Crippen molar-refractivity contribution in [3.8, 4) is 0 Å². The number of carbonyl (C=O) groups excluding carboxylic acids is 1. The Morgan fingerprint density at radius 3 is 1.92 bits per heavy atom. The minimum atomic E-state index is -4.11. The minimum absolute atomic E-state index is 0.00982. The van der Waals surface area contributed by atoms with E-state index in [2.05, 4.69) is 10.0 Å². The Hall–Kier alpha value is -3.86. The molecule has 0 bridgehead atoms. The first-order valence-corrected chi connectivity index (χ1v) is 15.1. The van der Waals surface area contributed by atoms with Crippen LogP contribution >= 0.6 is 11.6 Å². The van der Waals surface area contributed by atoms with E-state index in [-0.39, 0.29) is 9.79 Å². The van der Waals surface area contributed by atoms with Crippen molar-refractivity contribution in [3.05, 3.63) is 113 Å². The van der Waals surface area contributed by atoms with Gasteiger partial charge in [-0.1, -0.05) is 48.0 Å². The molecule has 11 heteroatoms. The molecule has 8 nitrogen and oxygen atoms in total. The molecule has 202 valence electrons. The van der Waals surface area contributed by atoms with Crippen molar-refractivity contribution in [2.24, 2.45) is 0 Å². The molecule has 0 atom stereocenters. The van der Waals surface area contributed by atoms with Crippen LogP contribution in [0.4, 0.5) is 17.1 Å². The number of amides is 1. The number of carbonyl (C=O) groups is 1. The first-order valence-electron chi connectivity index (χ1n) is 11.8. The number of hydrogen-bond acceptors (Lipinski definition) is 5. The van der Waals surface area contributed by atoms with Crippen LogP contribution in [0.1, 0.15) is 11.1 Å². The van der Waals surface area contributed by atoms with Crippen LogP contribution in [-0.4, -0.2) is 29.3 Å². The second-order valence-electron chi connectivity index (χ2n) is 8.75. The predicted molar refractivity (Wildman–Crippen MR) is 154 cm³/mol. The van der Waals surface area contributed by atoms with E-state index < -0.39 is 32.5 Å². The van der Waals surface area contributed by atoms with Crippen LogP contribution in [0.3, 0.4) is 0 Å². The van der Waals surface area contributed by atoms with E-state index in [1.54, 1.807) is 56.3 Å². The Morgan fingerprint density at radius 2 is 1.31 bits per heavy atom. The van der Waals surface area contributed by atoms with E-state index in [9.17, 15) is 21.6 Å². The molecule has 0 spiro atoms. The van der Waals surface area contributed by atoms with Crippen molar-refractivity contribution >= 4 is 54.6 Å². The Balaban J connectivity index is 1.54. The highest BCUT2D eigenvalue weighted by atomic mass is 35.5. The van der Waals surface area contributed by atoms with E-state index in [0.29, 0.717) is 27.6 Å². The summed E-state index contributed by atoms with van der Waals surface area (Å²) in [5, 5.41) is 3.03. The van der Waals surface area contributed by atoms with Gasteiger partial charge in [-0.05, 0) is 85.6 Å². The van der Waals surface area contributed by atoms with Crippen molar-refractivity contribution in [1.29, 1.82) is 0 Å². The van der Waals surface area contributed by atoms with Gasteiger partial charge in [-0.2, -0.15) is 0 Å². The highest BCUT2D eigenvalue weighted by Gasteiger charge is 2.28. The van der Waals surface area contributed by atoms with Crippen molar-refractivity contribution < 1.29 is 21.6 Å². The number of benzene rings is 4. The molecule has 0 aliphatic heterocycles. The van der Waals surface area contributed by atoms with Crippen molar-refractivity contribution in [1.82, 2.24) is 0 Å². The van der Waals surface area contributed by atoms with E-state index in [1.807, 2.05) is 6.07 Å². The summed E-state index contributed by atoms with van der Waals surface area (Å²) in [6, 6.07) is 25.1. The smallest absolute Gasteiger partial charge is 0.264 e. The number of sulfonamides is 2. The topological polar surface area (TPSA) is 113 Å². The van der Waals surface area contributed by atoms with Crippen molar-refractivity contribution in [2.45, 2.75) is 23.6 Å². The van der Waals surface area contributed by atoms with Gasteiger partial charge in [0.2, 0.25) is 5.91 Å². The van der Waals surface area contributed by atoms with Crippen LogP contribution < -0.4 is 14.3 Å². The van der Waals surface area contributed by atoms with Gasteiger partial charge in [0.25, 0.3) is 20.0 Å². The fourth-order valence-corrected chi connectivity index (χ4v) is 6.56. The summed E-state index contributed by atoms with van der Waals surface area (Å²) in [6.45, 7) is 3.04. The largest absolute Gasteiger partial charge is 0.325 e. The van der Waals surface area contributed by atoms with Crippen LogP contribution in [0.2, 0.25) is 5.02 Å². The quantitative estimate of drug-likeness (QED) is 0.267. The summed E-state index contributed by atoms with van der Waals surface area (Å²) >= 11 is 5.93. The van der Waals surface area contributed by atoms with E-state index >= 15 is 0 Å². The zero-order chi connectivity index (χ0) is 28.2. The van der Waals surface area contributed by atoms with Crippen LogP contribution in [0.15, 0.2) is 107 Å². The van der Waals surface area contributed by atoms with Crippen LogP contribution in [0.25, 0.3) is 0 Å². The Morgan fingerprint density at radius 1 is 0.744 bits per heavy atom. The van der Waals surface area contributed by atoms with Gasteiger partial charge in [0.1, 0.15) is 6.54 Å². The molecule has 4 aromatic carbocycles. The molecule has 39 heavy (non-hydrogen) atoms. The fourth-order valence-electron chi connectivity index (χ4n) is 3.82. The molecular weight excluding hydrogens is 558 g/mol. The number of nitrogens with zero attached hydrogens (tertiary/aromatic N) is 1. The Labute approximate surface area is 233 Å². The molecule has 4 rings (SSSR count). The summed E-state index contributed by atoms with van der Waals surface area (Å²) in [5.41, 5.74) is 2.57. The molecule has 1 amide bonds. The third-order valence-electron chi connectivity index (χ3n) is 5.91. The third kappa shape index (κ3) is 6.59. The summed E-state index contributed by atoms with van der Waals surface area (Å²) < 4.78 is 56.3. The van der Waals surface area contributed by atoms with E-state index in [0.717, 1.165) is 9.87 Å². The summed E-state index contributed by atoms with van der Waals surface area (Å²) in [4.78, 5) is 13.0. The molecule has 0 fully saturated rings. The lowest BCUT2D eigenvalue weighted by atomic mass is 10.2. The molecule has 0 radical (unpaired) electrons. The molecular formula is C28H26ClN3O5S2. The van der Waals surface area contributed by atoms with Crippen LogP contribution in [0.5, 0.6) is 0 Å². The van der Waals surface area contributed by atoms with E-state index in [4.69, 9.17) is 11.6 Å². The molecule has 0 heterocycles. The van der Waals surface area contributed by atoms with E-state index in [1.165, 1.54) is 48.5 Å². The maximum absolute atomic E-state index is 13.5. The monoisotopic (exact) mass is 583 g/mol. The Bertz CT molecular complexity index is 1710. The van der Waals surface area contributed by atoms with Gasteiger partial charge in [0, 0.05) is 10.7 Å². The molecule has 0 aromatic heterocycles. The molecule has 0 saturated heterocycles. The molecule has 0 aliphatic rings. The van der Waals surface area contributed by atoms with Crippen molar-refractivity contribution in [3.63, 3.8) is 0 Å². The highest BCUT2D eigenvalue weighted by molar-refractivity contribution is 7.93. The number of hydrogen-bond donors (Lipinski definition) is 2. The summed E-state index contributed by atoms with van der Waals surface area (Å²) in [5.74, 6) is -0.607. The minimum Gasteiger partial charge on any atom is -0.325 e. The second-order valence-corrected chi connectivity index (χ2v) is 12.7. The first-order chi connectivity index (χ1) is 18.5. The van der Waals surface area contributed by atoms with Gasteiger partial charge >= 0.3 is 0 Å². The SMILES string of the molecule is Cc1ccccc1NS(=O)(=O)c1ccc(NC(=O)CN(c2ccccc2C)S(=O)(=O)c2ccc(Cl)cc2)cc1.